The molecule has 1 unspecified atom stereocenters. The zero-order valence-corrected chi connectivity index (χ0v) is 20.7. The third-order valence-electron chi connectivity index (χ3n) is 6.85. The van der Waals surface area contributed by atoms with Crippen molar-refractivity contribution < 1.29 is 19.4 Å². The molecule has 0 aromatic heterocycles. The second-order valence-electron chi connectivity index (χ2n) is 9.40. The van der Waals surface area contributed by atoms with Crippen molar-refractivity contribution in [2.75, 3.05) is 13.1 Å². The molecule has 1 fully saturated rings. The number of para-hydroxylation sites is 1. The predicted molar refractivity (Wildman–Crippen MR) is 131 cm³/mol. The first kappa shape index (κ1) is 23.6. The molecular weight excluding hydrogens is 484 g/mol. The van der Waals surface area contributed by atoms with E-state index in [1.54, 1.807) is 0 Å². The van der Waals surface area contributed by atoms with Gasteiger partial charge in [0, 0.05) is 35.1 Å². The third-order valence-corrected chi connectivity index (χ3v) is 7.51. The van der Waals surface area contributed by atoms with Crippen molar-refractivity contribution in [1.82, 2.24) is 10.2 Å². The average molecular weight is 515 g/mol. The number of rotatable bonds is 6. The number of hydrogen-bond donors (Lipinski definition) is 2. The smallest absolute Gasteiger partial charge is 0.317 e. The van der Waals surface area contributed by atoms with Gasteiger partial charge in [0.2, 0.25) is 0 Å². The predicted octanol–water partition coefficient (Wildman–Crippen LogP) is 5.44. The van der Waals surface area contributed by atoms with E-state index in [0.717, 1.165) is 40.6 Å². The molecule has 33 heavy (non-hydrogen) atoms. The van der Waals surface area contributed by atoms with Gasteiger partial charge < -0.3 is 20.1 Å². The highest BCUT2D eigenvalue weighted by Crippen LogP contribution is 2.54. The number of amides is 2. The lowest BCUT2D eigenvalue weighted by atomic mass is 9.73. The fraction of sp³-hybridized carbons (Fsp3) is 0.462. The normalized spacial score (nSPS) is 18.9. The molecule has 1 saturated heterocycles. The minimum absolute atomic E-state index is 0.0211. The Hall–Kier alpha value is -2.54. The molecule has 2 aromatic rings. The lowest BCUT2D eigenvalue weighted by Crippen LogP contribution is -2.48. The Morgan fingerprint density at radius 1 is 1.18 bits per heavy atom. The van der Waals surface area contributed by atoms with E-state index in [4.69, 9.17) is 4.74 Å². The Morgan fingerprint density at radius 3 is 2.61 bits per heavy atom. The van der Waals surface area contributed by atoms with Gasteiger partial charge in [-0.15, -0.1) is 0 Å². The van der Waals surface area contributed by atoms with Crippen molar-refractivity contribution in [3.05, 3.63) is 63.6 Å². The molecule has 1 aliphatic heterocycles. The van der Waals surface area contributed by atoms with Crippen molar-refractivity contribution in [3.63, 3.8) is 0 Å². The molecule has 2 aliphatic rings. The maximum Gasteiger partial charge on any atom is 0.317 e. The maximum absolute atomic E-state index is 12.9. The summed E-state index contributed by atoms with van der Waals surface area (Å²) in [7, 11) is 0. The molecule has 4 rings (SSSR count). The van der Waals surface area contributed by atoms with E-state index in [0.29, 0.717) is 19.6 Å². The van der Waals surface area contributed by atoms with Gasteiger partial charge in [0.25, 0.3) is 0 Å². The van der Waals surface area contributed by atoms with Crippen molar-refractivity contribution in [1.29, 1.82) is 0 Å². The van der Waals surface area contributed by atoms with Gasteiger partial charge in [-0.2, -0.15) is 0 Å². The third kappa shape index (κ3) is 5.03. The standard InChI is InChI=1S/C26H31BrN2O4/c1-17(2)33-22-9-4-3-6-18(22)16-28-25(32)29-12-10-26(11-13-29)15-19(14-23(30)31)20-7-5-8-21(27)24(20)26/h3-9,17,19H,10-16H2,1-2H3,(H,28,32)(H,30,31). The van der Waals surface area contributed by atoms with Crippen LogP contribution in [0.5, 0.6) is 5.75 Å². The number of likely N-dealkylation sites (tertiary alicyclic amines) is 1. The van der Waals surface area contributed by atoms with Crippen LogP contribution in [-0.4, -0.2) is 41.2 Å². The lowest BCUT2D eigenvalue weighted by molar-refractivity contribution is -0.137. The molecule has 1 atom stereocenters. The van der Waals surface area contributed by atoms with Crippen LogP contribution in [0.15, 0.2) is 46.9 Å². The molecule has 1 heterocycles. The molecule has 6 nitrogen and oxygen atoms in total. The number of nitrogens with zero attached hydrogens (tertiary/aromatic N) is 1. The van der Waals surface area contributed by atoms with Crippen LogP contribution in [-0.2, 0) is 16.8 Å². The first-order valence-electron chi connectivity index (χ1n) is 11.6. The van der Waals surface area contributed by atoms with E-state index < -0.39 is 5.97 Å². The van der Waals surface area contributed by atoms with E-state index in [-0.39, 0.29) is 29.9 Å². The average Bonchev–Trinajstić information content (AvgIpc) is 3.06. The van der Waals surface area contributed by atoms with Gasteiger partial charge in [0.1, 0.15) is 5.75 Å². The number of ether oxygens (including phenoxy) is 1. The number of aliphatic carboxylic acids is 1. The second-order valence-corrected chi connectivity index (χ2v) is 10.3. The first-order chi connectivity index (χ1) is 15.8. The molecule has 2 aromatic carbocycles. The van der Waals surface area contributed by atoms with Crippen LogP contribution in [0, 0.1) is 0 Å². The summed E-state index contributed by atoms with van der Waals surface area (Å²) in [6, 6.07) is 13.8. The molecule has 2 N–H and O–H groups in total. The summed E-state index contributed by atoms with van der Waals surface area (Å²) in [5, 5.41) is 12.5. The van der Waals surface area contributed by atoms with Gasteiger partial charge in [-0.05, 0) is 62.3 Å². The number of benzene rings is 2. The van der Waals surface area contributed by atoms with Crippen LogP contribution in [0.25, 0.3) is 0 Å². The molecule has 176 valence electrons. The van der Waals surface area contributed by atoms with E-state index in [1.807, 2.05) is 55.1 Å². The Bertz CT molecular complexity index is 1030. The topological polar surface area (TPSA) is 78.9 Å². The largest absolute Gasteiger partial charge is 0.491 e. The van der Waals surface area contributed by atoms with Gasteiger partial charge in [-0.25, -0.2) is 4.79 Å². The highest BCUT2D eigenvalue weighted by atomic mass is 79.9. The molecular formula is C26H31BrN2O4. The minimum atomic E-state index is -0.762. The van der Waals surface area contributed by atoms with Crippen LogP contribution >= 0.6 is 15.9 Å². The molecule has 0 radical (unpaired) electrons. The highest BCUT2D eigenvalue weighted by molar-refractivity contribution is 9.10. The summed E-state index contributed by atoms with van der Waals surface area (Å²) < 4.78 is 6.91. The van der Waals surface area contributed by atoms with Gasteiger partial charge >= 0.3 is 12.0 Å². The summed E-state index contributed by atoms with van der Waals surface area (Å²) in [4.78, 5) is 26.2. The molecule has 0 bridgehead atoms. The number of carboxylic acids is 1. The number of carboxylic acid groups (broad SMARTS) is 1. The number of piperidine rings is 1. The minimum Gasteiger partial charge on any atom is -0.491 e. The van der Waals surface area contributed by atoms with E-state index in [9.17, 15) is 14.7 Å². The Labute approximate surface area is 203 Å². The van der Waals surface area contributed by atoms with E-state index >= 15 is 0 Å². The van der Waals surface area contributed by atoms with Gasteiger partial charge in [0.05, 0.1) is 12.5 Å². The van der Waals surface area contributed by atoms with Crippen LogP contribution in [0.1, 0.15) is 62.1 Å². The summed E-state index contributed by atoms with van der Waals surface area (Å²) in [5.41, 5.74) is 3.27. The number of carbonyl (C=O) groups excluding carboxylic acids is 1. The first-order valence-corrected chi connectivity index (χ1v) is 12.4. The molecule has 1 aliphatic carbocycles. The van der Waals surface area contributed by atoms with Crippen molar-refractivity contribution >= 4 is 27.9 Å². The summed E-state index contributed by atoms with van der Waals surface area (Å²) in [6.45, 7) is 5.68. The number of nitrogens with one attached hydrogen (secondary N) is 1. The number of urea groups is 1. The van der Waals surface area contributed by atoms with Crippen molar-refractivity contribution in [3.8, 4) is 5.75 Å². The number of carbonyl (C=O) groups is 2. The number of halogens is 1. The van der Waals surface area contributed by atoms with Crippen LogP contribution in [0.3, 0.4) is 0 Å². The highest BCUT2D eigenvalue weighted by Gasteiger charge is 2.47. The number of fused-ring (bicyclic) bond motifs is 2. The Morgan fingerprint density at radius 2 is 1.91 bits per heavy atom. The summed E-state index contributed by atoms with van der Waals surface area (Å²) in [5.74, 6) is 0.0524. The zero-order chi connectivity index (χ0) is 23.6. The lowest BCUT2D eigenvalue weighted by Gasteiger charge is -2.40. The fourth-order valence-electron chi connectivity index (χ4n) is 5.41. The molecule has 2 amide bonds. The van der Waals surface area contributed by atoms with Crippen LogP contribution in [0.2, 0.25) is 0 Å². The molecule has 7 heteroatoms. The maximum atomic E-state index is 12.9. The quantitative estimate of drug-likeness (QED) is 0.537. The summed E-state index contributed by atoms with van der Waals surface area (Å²) in [6.07, 6.45) is 2.71. The van der Waals surface area contributed by atoms with Gasteiger partial charge in [-0.1, -0.05) is 46.3 Å². The SMILES string of the molecule is CC(C)Oc1ccccc1CNC(=O)N1CCC2(CC1)CC(CC(=O)O)c1cccc(Br)c12. The monoisotopic (exact) mass is 514 g/mol. The zero-order valence-electron chi connectivity index (χ0n) is 19.1. The van der Waals surface area contributed by atoms with Crippen molar-refractivity contribution in [2.24, 2.45) is 0 Å². The Balaban J connectivity index is 1.41. The van der Waals surface area contributed by atoms with Gasteiger partial charge in [0.15, 0.2) is 0 Å². The number of hydrogen-bond acceptors (Lipinski definition) is 3. The van der Waals surface area contributed by atoms with Crippen LogP contribution in [0.4, 0.5) is 4.79 Å². The fourth-order valence-corrected chi connectivity index (χ4v) is 6.21. The van der Waals surface area contributed by atoms with E-state index in [2.05, 4.69) is 27.3 Å². The van der Waals surface area contributed by atoms with Gasteiger partial charge in [-0.3, -0.25) is 4.79 Å². The Kier molecular flexibility index (Phi) is 6.98. The molecule has 0 saturated carbocycles. The van der Waals surface area contributed by atoms with Crippen molar-refractivity contribution in [2.45, 2.75) is 63.5 Å². The summed E-state index contributed by atoms with van der Waals surface area (Å²) >= 11 is 3.72. The second kappa shape index (κ2) is 9.75. The van der Waals surface area contributed by atoms with E-state index in [1.165, 1.54) is 5.56 Å². The van der Waals surface area contributed by atoms with Crippen LogP contribution < -0.4 is 10.1 Å². The molecule has 1 spiro atoms.